The number of carbonyl (C=O) groups excluding carboxylic acids is 1. The van der Waals surface area contributed by atoms with Crippen LogP contribution in [0.15, 0.2) is 24.3 Å². The van der Waals surface area contributed by atoms with E-state index in [1.54, 1.807) is 23.9 Å². The maximum absolute atomic E-state index is 13.1. The molecule has 0 aliphatic carbocycles. The summed E-state index contributed by atoms with van der Waals surface area (Å²) in [5.74, 6) is 0.490. The van der Waals surface area contributed by atoms with E-state index < -0.39 is 0 Å². The maximum atomic E-state index is 13.1. The number of halogens is 1. The Kier molecular flexibility index (Phi) is 5.56. The Labute approximate surface area is 141 Å². The van der Waals surface area contributed by atoms with Gasteiger partial charge in [0, 0.05) is 32.7 Å². The molecular formula is C17H24FN3OS. The molecule has 23 heavy (non-hydrogen) atoms. The second kappa shape index (κ2) is 7.64. The van der Waals surface area contributed by atoms with E-state index in [2.05, 4.69) is 16.8 Å². The largest absolute Gasteiger partial charge is 0.326 e. The Hall–Kier alpha value is -1.11. The molecule has 0 spiro atoms. The van der Waals surface area contributed by atoms with Crippen LogP contribution in [0, 0.1) is 5.82 Å². The SMILES string of the molecule is CN1CCN(CCCN2C(=O)CS[C@H]2c2ccc(F)cc2)CC1. The molecule has 126 valence electrons. The zero-order valence-corrected chi connectivity index (χ0v) is 14.4. The lowest BCUT2D eigenvalue weighted by molar-refractivity contribution is -0.128. The molecule has 3 rings (SSSR count). The minimum Gasteiger partial charge on any atom is -0.326 e. The number of rotatable bonds is 5. The second-order valence-electron chi connectivity index (χ2n) is 6.30. The van der Waals surface area contributed by atoms with Crippen LogP contribution in [0.4, 0.5) is 4.39 Å². The van der Waals surface area contributed by atoms with Gasteiger partial charge < -0.3 is 14.7 Å². The van der Waals surface area contributed by atoms with Gasteiger partial charge in [-0.1, -0.05) is 12.1 Å². The summed E-state index contributed by atoms with van der Waals surface area (Å²) in [6.07, 6.45) is 0.994. The van der Waals surface area contributed by atoms with Gasteiger partial charge in [0.25, 0.3) is 0 Å². The van der Waals surface area contributed by atoms with Crippen molar-refractivity contribution in [2.24, 2.45) is 0 Å². The average Bonchev–Trinajstić information content (AvgIpc) is 2.91. The van der Waals surface area contributed by atoms with E-state index in [4.69, 9.17) is 0 Å². The van der Waals surface area contributed by atoms with E-state index in [-0.39, 0.29) is 17.1 Å². The Morgan fingerprint density at radius 1 is 1.13 bits per heavy atom. The van der Waals surface area contributed by atoms with E-state index in [1.807, 2.05) is 4.90 Å². The number of hydrogen-bond acceptors (Lipinski definition) is 4. The van der Waals surface area contributed by atoms with Crippen LogP contribution >= 0.6 is 11.8 Å². The first-order valence-electron chi connectivity index (χ1n) is 8.21. The Morgan fingerprint density at radius 2 is 1.83 bits per heavy atom. The molecule has 1 aromatic carbocycles. The highest BCUT2D eigenvalue weighted by Crippen LogP contribution is 2.38. The van der Waals surface area contributed by atoms with Crippen molar-refractivity contribution in [1.29, 1.82) is 0 Å². The van der Waals surface area contributed by atoms with E-state index in [0.717, 1.165) is 51.3 Å². The van der Waals surface area contributed by atoms with Gasteiger partial charge in [0.15, 0.2) is 0 Å². The molecule has 2 aliphatic rings. The number of nitrogens with zero attached hydrogens (tertiary/aromatic N) is 3. The summed E-state index contributed by atoms with van der Waals surface area (Å²) in [6.45, 7) is 6.28. The van der Waals surface area contributed by atoms with Crippen molar-refractivity contribution in [3.63, 3.8) is 0 Å². The van der Waals surface area contributed by atoms with Gasteiger partial charge in [0.1, 0.15) is 11.2 Å². The molecule has 0 radical (unpaired) electrons. The molecule has 0 saturated carbocycles. The van der Waals surface area contributed by atoms with E-state index in [0.29, 0.717) is 5.75 Å². The number of amides is 1. The number of carbonyl (C=O) groups is 1. The van der Waals surface area contributed by atoms with Gasteiger partial charge in [-0.05, 0) is 37.7 Å². The van der Waals surface area contributed by atoms with Crippen LogP contribution < -0.4 is 0 Å². The summed E-state index contributed by atoms with van der Waals surface area (Å²) in [7, 11) is 2.16. The highest BCUT2D eigenvalue weighted by atomic mass is 32.2. The Morgan fingerprint density at radius 3 is 2.52 bits per heavy atom. The first-order valence-corrected chi connectivity index (χ1v) is 9.26. The van der Waals surface area contributed by atoms with Crippen LogP contribution in [0.25, 0.3) is 0 Å². The van der Waals surface area contributed by atoms with Crippen LogP contribution in [0.3, 0.4) is 0 Å². The monoisotopic (exact) mass is 337 g/mol. The van der Waals surface area contributed by atoms with E-state index in [9.17, 15) is 9.18 Å². The molecule has 1 amide bonds. The third-order valence-corrected chi connectivity index (χ3v) is 5.85. The van der Waals surface area contributed by atoms with Crippen molar-refractivity contribution in [2.75, 3.05) is 52.1 Å². The van der Waals surface area contributed by atoms with E-state index >= 15 is 0 Å². The third-order valence-electron chi connectivity index (χ3n) is 4.59. The van der Waals surface area contributed by atoms with Gasteiger partial charge in [-0.2, -0.15) is 0 Å². The molecular weight excluding hydrogens is 313 g/mol. The fourth-order valence-corrected chi connectivity index (χ4v) is 4.35. The zero-order chi connectivity index (χ0) is 16.2. The van der Waals surface area contributed by atoms with Crippen LogP contribution in [-0.4, -0.2) is 72.7 Å². The average molecular weight is 337 g/mol. The fraction of sp³-hybridized carbons (Fsp3) is 0.588. The fourth-order valence-electron chi connectivity index (χ4n) is 3.14. The van der Waals surface area contributed by atoms with Gasteiger partial charge in [-0.25, -0.2) is 4.39 Å². The van der Waals surface area contributed by atoms with Gasteiger partial charge in [-0.15, -0.1) is 11.8 Å². The highest BCUT2D eigenvalue weighted by molar-refractivity contribution is 8.00. The smallest absolute Gasteiger partial charge is 0.233 e. The minimum absolute atomic E-state index is 0.0376. The highest BCUT2D eigenvalue weighted by Gasteiger charge is 2.32. The number of benzene rings is 1. The quantitative estimate of drug-likeness (QED) is 0.822. The summed E-state index contributed by atoms with van der Waals surface area (Å²) in [5, 5.41) is 0.0376. The standard InChI is InChI=1S/C17H24FN3OS/c1-19-9-11-20(12-10-19)7-2-8-21-16(22)13-23-17(21)14-3-5-15(18)6-4-14/h3-6,17H,2,7-13H2,1H3/t17-/m0/s1. The number of piperazine rings is 1. The van der Waals surface area contributed by atoms with Crippen LogP contribution in [-0.2, 0) is 4.79 Å². The van der Waals surface area contributed by atoms with Crippen molar-refractivity contribution in [2.45, 2.75) is 11.8 Å². The molecule has 2 heterocycles. The molecule has 1 atom stereocenters. The lowest BCUT2D eigenvalue weighted by atomic mass is 10.2. The van der Waals surface area contributed by atoms with Crippen molar-refractivity contribution in [3.8, 4) is 0 Å². The van der Waals surface area contributed by atoms with Gasteiger partial charge >= 0.3 is 0 Å². The number of likely N-dealkylation sites (N-methyl/N-ethyl adjacent to an activating group) is 1. The molecule has 4 nitrogen and oxygen atoms in total. The number of hydrogen-bond donors (Lipinski definition) is 0. The van der Waals surface area contributed by atoms with Crippen molar-refractivity contribution in [1.82, 2.24) is 14.7 Å². The Bertz CT molecular complexity index is 531. The molecule has 0 N–H and O–H groups in total. The van der Waals surface area contributed by atoms with Crippen molar-refractivity contribution >= 4 is 17.7 Å². The summed E-state index contributed by atoms with van der Waals surface area (Å²) < 4.78 is 13.1. The predicted molar refractivity (Wildman–Crippen MR) is 91.9 cm³/mol. The van der Waals surface area contributed by atoms with Crippen molar-refractivity contribution in [3.05, 3.63) is 35.6 Å². The number of thioether (sulfide) groups is 1. The van der Waals surface area contributed by atoms with Gasteiger partial charge in [0.05, 0.1) is 5.75 Å². The first kappa shape index (κ1) is 16.7. The van der Waals surface area contributed by atoms with Gasteiger partial charge in [0.2, 0.25) is 5.91 Å². The summed E-state index contributed by atoms with van der Waals surface area (Å²) in [5.41, 5.74) is 1.02. The third kappa shape index (κ3) is 4.25. The van der Waals surface area contributed by atoms with Crippen LogP contribution in [0.2, 0.25) is 0 Å². The molecule has 1 aromatic rings. The summed E-state index contributed by atoms with van der Waals surface area (Å²) >= 11 is 1.64. The molecule has 6 heteroatoms. The molecule has 2 saturated heterocycles. The first-order chi connectivity index (χ1) is 11.1. The van der Waals surface area contributed by atoms with Crippen LogP contribution in [0.5, 0.6) is 0 Å². The normalized spacial score (nSPS) is 23.7. The summed E-state index contributed by atoms with van der Waals surface area (Å²) in [4.78, 5) is 18.9. The molecule has 0 aromatic heterocycles. The molecule has 2 fully saturated rings. The zero-order valence-electron chi connectivity index (χ0n) is 13.6. The predicted octanol–water partition coefficient (Wildman–Crippen LogP) is 2.04. The van der Waals surface area contributed by atoms with Crippen LogP contribution in [0.1, 0.15) is 17.4 Å². The molecule has 2 aliphatic heterocycles. The molecule has 0 bridgehead atoms. The lowest BCUT2D eigenvalue weighted by Gasteiger charge is -2.33. The lowest BCUT2D eigenvalue weighted by Crippen LogP contribution is -2.45. The topological polar surface area (TPSA) is 26.8 Å². The molecule has 0 unspecified atom stereocenters. The summed E-state index contributed by atoms with van der Waals surface area (Å²) in [6, 6.07) is 6.53. The minimum atomic E-state index is -0.232. The van der Waals surface area contributed by atoms with Gasteiger partial charge in [-0.3, -0.25) is 4.79 Å². The Balaban J connectivity index is 1.52. The van der Waals surface area contributed by atoms with E-state index in [1.165, 1.54) is 12.1 Å². The van der Waals surface area contributed by atoms with Crippen molar-refractivity contribution < 1.29 is 9.18 Å². The second-order valence-corrected chi connectivity index (χ2v) is 7.37. The maximum Gasteiger partial charge on any atom is 0.233 e.